The van der Waals surface area contributed by atoms with Gasteiger partial charge in [-0.05, 0) is 20.8 Å². The first-order chi connectivity index (χ1) is 7.73. The molecule has 0 aliphatic rings. The van der Waals surface area contributed by atoms with Crippen LogP contribution in [0.2, 0.25) is 0 Å². The Morgan fingerprint density at radius 1 is 1.47 bits per heavy atom. The summed E-state index contributed by atoms with van der Waals surface area (Å²) in [7, 11) is -0.251. The van der Waals surface area contributed by atoms with Crippen LogP contribution in [0.4, 0.5) is 0 Å². The number of sulfonamides is 1. The van der Waals surface area contributed by atoms with Crippen molar-refractivity contribution in [2.45, 2.75) is 31.7 Å². The molecule has 2 N–H and O–H groups in total. The van der Waals surface area contributed by atoms with E-state index in [9.17, 15) is 8.42 Å². The fraction of sp³-hybridized carbons (Fsp3) is 0.700. The smallest absolute Gasteiger partial charge is 0.246 e. The predicted molar refractivity (Wildman–Crippen MR) is 66.1 cm³/mol. The fourth-order valence-electron chi connectivity index (χ4n) is 1.66. The Bertz CT molecular complexity index is 507. The monoisotopic (exact) mass is 260 g/mol. The molecule has 0 saturated carbocycles. The van der Waals surface area contributed by atoms with Gasteiger partial charge in [-0.25, -0.2) is 8.42 Å². The fourth-order valence-corrected chi connectivity index (χ4v) is 3.42. The van der Waals surface area contributed by atoms with Crippen LogP contribution in [0.3, 0.4) is 0 Å². The van der Waals surface area contributed by atoms with Crippen molar-refractivity contribution in [1.82, 2.24) is 14.1 Å². The summed E-state index contributed by atoms with van der Waals surface area (Å²) in [6.45, 7) is 5.50. The van der Waals surface area contributed by atoms with Crippen molar-refractivity contribution in [3.63, 3.8) is 0 Å². The Morgan fingerprint density at radius 2 is 2.00 bits per heavy atom. The van der Waals surface area contributed by atoms with Crippen molar-refractivity contribution in [3.8, 4) is 0 Å². The van der Waals surface area contributed by atoms with Gasteiger partial charge in [-0.15, -0.1) is 0 Å². The molecule has 0 amide bonds. The number of rotatable bonds is 4. The second-order valence-corrected chi connectivity index (χ2v) is 6.16. The zero-order valence-electron chi connectivity index (χ0n) is 10.9. The van der Waals surface area contributed by atoms with Gasteiger partial charge in [0.05, 0.1) is 11.4 Å². The third-order valence-corrected chi connectivity index (χ3v) is 5.27. The summed E-state index contributed by atoms with van der Waals surface area (Å²) in [6, 6.07) is -0.237. The maximum Gasteiger partial charge on any atom is 0.246 e. The molecule has 1 aromatic rings. The number of likely N-dealkylation sites (N-methyl/N-ethyl adjacent to an activating group) is 1. The van der Waals surface area contributed by atoms with Crippen LogP contribution in [0.15, 0.2) is 4.90 Å². The number of hydrogen-bond acceptors (Lipinski definition) is 4. The maximum absolute atomic E-state index is 12.4. The lowest BCUT2D eigenvalue weighted by atomic mass is 10.4. The first-order valence-corrected chi connectivity index (χ1v) is 6.85. The highest BCUT2D eigenvalue weighted by Gasteiger charge is 2.30. The first kappa shape index (κ1) is 14.1. The largest absolute Gasteiger partial charge is 0.329 e. The molecule has 6 nitrogen and oxygen atoms in total. The molecule has 0 aromatic carbocycles. The average molecular weight is 260 g/mol. The van der Waals surface area contributed by atoms with Crippen LogP contribution in [-0.4, -0.2) is 42.1 Å². The highest BCUT2D eigenvalue weighted by molar-refractivity contribution is 7.89. The maximum atomic E-state index is 12.4. The Labute approximate surface area is 102 Å². The van der Waals surface area contributed by atoms with Crippen LogP contribution in [0.5, 0.6) is 0 Å². The third-order valence-electron chi connectivity index (χ3n) is 3.04. The molecule has 1 unspecified atom stereocenters. The van der Waals surface area contributed by atoms with E-state index in [0.717, 1.165) is 0 Å². The van der Waals surface area contributed by atoms with Crippen LogP contribution in [0.25, 0.3) is 0 Å². The van der Waals surface area contributed by atoms with Gasteiger partial charge in [0.2, 0.25) is 10.0 Å². The molecule has 17 heavy (non-hydrogen) atoms. The average Bonchev–Trinajstić information content (AvgIpc) is 2.51. The zero-order chi connectivity index (χ0) is 13.4. The molecule has 0 saturated heterocycles. The number of hydrogen-bond donors (Lipinski definition) is 1. The second kappa shape index (κ2) is 4.75. The van der Waals surface area contributed by atoms with Gasteiger partial charge in [0.15, 0.2) is 0 Å². The van der Waals surface area contributed by atoms with Crippen LogP contribution in [-0.2, 0) is 17.1 Å². The molecule has 0 bridgehead atoms. The lowest BCUT2D eigenvalue weighted by Gasteiger charge is -2.23. The molecular formula is C10H20N4O2S. The topological polar surface area (TPSA) is 81.2 Å². The van der Waals surface area contributed by atoms with Crippen molar-refractivity contribution in [2.24, 2.45) is 12.8 Å². The lowest BCUT2D eigenvalue weighted by molar-refractivity contribution is 0.394. The molecule has 1 heterocycles. The van der Waals surface area contributed by atoms with E-state index in [1.807, 2.05) is 0 Å². The lowest BCUT2D eigenvalue weighted by Crippen LogP contribution is -2.40. The molecule has 0 aliphatic carbocycles. The highest BCUT2D eigenvalue weighted by Crippen LogP contribution is 2.23. The Hall–Kier alpha value is -0.920. The number of aromatic nitrogens is 2. The van der Waals surface area contributed by atoms with Gasteiger partial charge in [-0.2, -0.15) is 9.40 Å². The summed E-state index contributed by atoms with van der Waals surface area (Å²) in [4.78, 5) is 0.280. The van der Waals surface area contributed by atoms with Crippen molar-refractivity contribution in [3.05, 3.63) is 11.4 Å². The summed E-state index contributed by atoms with van der Waals surface area (Å²) >= 11 is 0. The van der Waals surface area contributed by atoms with Crippen molar-refractivity contribution < 1.29 is 8.42 Å². The molecule has 1 atom stereocenters. The van der Waals surface area contributed by atoms with Gasteiger partial charge in [0, 0.05) is 26.7 Å². The van der Waals surface area contributed by atoms with Gasteiger partial charge in [0.1, 0.15) is 4.90 Å². The van der Waals surface area contributed by atoms with Crippen LogP contribution in [0, 0.1) is 13.8 Å². The molecule has 0 radical (unpaired) electrons. The molecule has 98 valence electrons. The summed E-state index contributed by atoms with van der Waals surface area (Å²) in [5.74, 6) is 0. The van der Waals surface area contributed by atoms with Crippen LogP contribution >= 0.6 is 0 Å². The van der Waals surface area contributed by atoms with Gasteiger partial charge in [-0.3, -0.25) is 4.68 Å². The molecule has 1 aromatic heterocycles. The normalized spacial score (nSPS) is 14.3. The molecule has 0 spiro atoms. The SMILES string of the molecule is Cc1nn(C)c(C)c1S(=O)(=O)N(C)C(C)CN. The van der Waals surface area contributed by atoms with Crippen molar-refractivity contribution >= 4 is 10.0 Å². The van der Waals surface area contributed by atoms with Gasteiger partial charge < -0.3 is 5.73 Å². The summed E-state index contributed by atoms with van der Waals surface area (Å²) in [6.07, 6.45) is 0. The first-order valence-electron chi connectivity index (χ1n) is 5.41. The standard InChI is InChI=1S/C10H20N4O2S/c1-7(6-11)14(5)17(15,16)10-8(2)12-13(4)9(10)3/h7H,6,11H2,1-5H3. The van der Waals surface area contributed by atoms with Gasteiger partial charge in [0.25, 0.3) is 0 Å². The molecule has 0 aliphatic heterocycles. The van der Waals surface area contributed by atoms with E-state index in [2.05, 4.69) is 5.10 Å². The summed E-state index contributed by atoms with van der Waals surface area (Å²) in [5, 5.41) is 4.12. The predicted octanol–water partition coefficient (Wildman–Crippen LogP) is 0.00464. The highest BCUT2D eigenvalue weighted by atomic mass is 32.2. The quantitative estimate of drug-likeness (QED) is 0.826. The molecule has 0 fully saturated rings. The van der Waals surface area contributed by atoms with Crippen molar-refractivity contribution in [2.75, 3.05) is 13.6 Å². The van der Waals surface area contributed by atoms with Crippen molar-refractivity contribution in [1.29, 1.82) is 0 Å². The van der Waals surface area contributed by atoms with Gasteiger partial charge >= 0.3 is 0 Å². The Kier molecular flexibility index (Phi) is 3.95. The van der Waals surface area contributed by atoms with E-state index >= 15 is 0 Å². The number of nitrogens with two attached hydrogens (primary N) is 1. The van der Waals surface area contributed by atoms with E-state index < -0.39 is 10.0 Å². The second-order valence-electron chi connectivity index (χ2n) is 4.23. The van der Waals surface area contributed by atoms with Crippen LogP contribution in [0.1, 0.15) is 18.3 Å². The molecule has 1 rings (SSSR count). The molecular weight excluding hydrogens is 240 g/mol. The van der Waals surface area contributed by atoms with Gasteiger partial charge in [-0.1, -0.05) is 0 Å². The van der Waals surface area contributed by atoms with E-state index in [0.29, 0.717) is 11.4 Å². The Morgan fingerprint density at radius 3 is 2.35 bits per heavy atom. The number of nitrogens with zero attached hydrogens (tertiary/aromatic N) is 3. The minimum atomic E-state index is -3.52. The summed E-state index contributed by atoms with van der Waals surface area (Å²) in [5.41, 5.74) is 6.65. The third kappa shape index (κ3) is 2.36. The minimum absolute atomic E-state index is 0.237. The van der Waals surface area contributed by atoms with Crippen LogP contribution < -0.4 is 5.73 Å². The Balaban J connectivity index is 3.32. The van der Waals surface area contributed by atoms with E-state index in [-0.39, 0.29) is 17.5 Å². The molecule has 7 heteroatoms. The number of aryl methyl sites for hydroxylation is 2. The van der Waals surface area contributed by atoms with E-state index in [1.54, 1.807) is 39.5 Å². The minimum Gasteiger partial charge on any atom is -0.329 e. The van der Waals surface area contributed by atoms with E-state index in [1.165, 1.54) is 4.31 Å². The van der Waals surface area contributed by atoms with E-state index in [4.69, 9.17) is 5.73 Å². The zero-order valence-corrected chi connectivity index (χ0v) is 11.7. The summed E-state index contributed by atoms with van der Waals surface area (Å²) < 4.78 is 27.7.